The fourth-order valence-electron chi connectivity index (χ4n) is 4.14. The van der Waals surface area contributed by atoms with Crippen molar-refractivity contribution in [3.05, 3.63) is 28.8 Å². The van der Waals surface area contributed by atoms with Crippen LogP contribution in [0.15, 0.2) is 18.2 Å². The number of rotatable bonds is 4. The first-order valence-corrected chi connectivity index (χ1v) is 8.75. The van der Waals surface area contributed by atoms with Crippen LogP contribution in [0.25, 0.3) is 0 Å². The van der Waals surface area contributed by atoms with Crippen molar-refractivity contribution in [2.75, 3.05) is 25.5 Å². The van der Waals surface area contributed by atoms with Crippen molar-refractivity contribution in [1.82, 2.24) is 4.90 Å². The molecule has 6 heteroatoms. The molecule has 1 saturated heterocycles. The summed E-state index contributed by atoms with van der Waals surface area (Å²) in [6, 6.07) is 5.07. The highest BCUT2D eigenvalue weighted by molar-refractivity contribution is 6.30. The Kier molecular flexibility index (Phi) is 5.11. The number of likely N-dealkylation sites (tertiary alicyclic amines) is 1. The summed E-state index contributed by atoms with van der Waals surface area (Å²) in [7, 11) is 1.42. The van der Waals surface area contributed by atoms with E-state index in [1.165, 1.54) is 7.11 Å². The molecule has 1 saturated carbocycles. The molecule has 24 heavy (non-hydrogen) atoms. The van der Waals surface area contributed by atoms with Crippen LogP contribution in [0, 0.1) is 18.8 Å². The van der Waals surface area contributed by atoms with Crippen LogP contribution >= 0.6 is 11.6 Å². The second-order valence-electron chi connectivity index (χ2n) is 6.76. The number of anilines is 1. The summed E-state index contributed by atoms with van der Waals surface area (Å²) in [6.07, 6.45) is 3.33. The van der Waals surface area contributed by atoms with Crippen LogP contribution in [0.3, 0.4) is 0 Å². The van der Waals surface area contributed by atoms with Gasteiger partial charge in [0.25, 0.3) is 0 Å². The van der Waals surface area contributed by atoms with Gasteiger partial charge in [0.2, 0.25) is 5.91 Å². The van der Waals surface area contributed by atoms with Gasteiger partial charge in [-0.1, -0.05) is 18.0 Å². The summed E-state index contributed by atoms with van der Waals surface area (Å²) < 4.78 is 4.98. The molecule has 0 spiro atoms. The number of esters is 1. The third kappa shape index (κ3) is 3.42. The van der Waals surface area contributed by atoms with Crippen molar-refractivity contribution >= 4 is 29.2 Å². The highest BCUT2D eigenvalue weighted by Crippen LogP contribution is 2.42. The SMILES string of the molecule is COC(=O)C1C2CCCC2CN1CC(=O)Nc1ccc(Cl)cc1C. The van der Waals surface area contributed by atoms with Gasteiger partial charge in [-0.15, -0.1) is 0 Å². The zero-order valence-electron chi connectivity index (χ0n) is 14.0. The Hall–Kier alpha value is -1.59. The third-order valence-corrected chi connectivity index (χ3v) is 5.47. The van der Waals surface area contributed by atoms with Gasteiger partial charge in [-0.2, -0.15) is 0 Å². The normalized spacial score (nSPS) is 26.2. The molecule has 1 aromatic carbocycles. The van der Waals surface area contributed by atoms with Crippen molar-refractivity contribution in [3.63, 3.8) is 0 Å². The lowest BCUT2D eigenvalue weighted by Crippen LogP contribution is -2.44. The van der Waals surface area contributed by atoms with E-state index in [1.54, 1.807) is 12.1 Å². The average molecular weight is 351 g/mol. The highest BCUT2D eigenvalue weighted by Gasteiger charge is 2.48. The molecule has 0 radical (unpaired) electrons. The molecule has 2 fully saturated rings. The Morgan fingerprint density at radius 2 is 2.17 bits per heavy atom. The fourth-order valence-corrected chi connectivity index (χ4v) is 4.37. The minimum Gasteiger partial charge on any atom is -0.468 e. The Bertz CT molecular complexity index is 649. The van der Waals surface area contributed by atoms with Gasteiger partial charge in [0.15, 0.2) is 0 Å². The molecule has 3 rings (SSSR count). The zero-order chi connectivity index (χ0) is 17.3. The molecule has 1 aliphatic heterocycles. The van der Waals surface area contributed by atoms with Gasteiger partial charge in [-0.3, -0.25) is 14.5 Å². The second kappa shape index (κ2) is 7.11. The molecule has 3 atom stereocenters. The molecule has 1 heterocycles. The summed E-state index contributed by atoms with van der Waals surface area (Å²) in [5, 5.41) is 3.56. The lowest BCUT2D eigenvalue weighted by Gasteiger charge is -2.25. The predicted octanol–water partition coefficient (Wildman–Crippen LogP) is 2.86. The average Bonchev–Trinajstić information content (AvgIpc) is 3.10. The van der Waals surface area contributed by atoms with E-state index in [1.807, 2.05) is 17.9 Å². The van der Waals surface area contributed by atoms with E-state index in [-0.39, 0.29) is 24.5 Å². The number of fused-ring (bicyclic) bond motifs is 1. The molecule has 0 aromatic heterocycles. The first-order valence-electron chi connectivity index (χ1n) is 8.37. The maximum atomic E-state index is 12.4. The first kappa shape index (κ1) is 17.2. The molecule has 1 aliphatic carbocycles. The quantitative estimate of drug-likeness (QED) is 0.848. The first-order chi connectivity index (χ1) is 11.5. The van der Waals surface area contributed by atoms with E-state index in [4.69, 9.17) is 16.3 Å². The number of nitrogens with zero attached hydrogens (tertiary/aromatic N) is 1. The predicted molar refractivity (Wildman–Crippen MR) is 93.0 cm³/mol. The second-order valence-corrected chi connectivity index (χ2v) is 7.20. The lowest BCUT2D eigenvalue weighted by molar-refractivity contribution is -0.147. The van der Waals surface area contributed by atoms with Gasteiger partial charge in [-0.05, 0) is 55.4 Å². The number of aryl methyl sites for hydroxylation is 1. The van der Waals surface area contributed by atoms with Gasteiger partial charge in [0.05, 0.1) is 13.7 Å². The molecular weight excluding hydrogens is 328 g/mol. The maximum absolute atomic E-state index is 12.4. The molecule has 3 unspecified atom stereocenters. The standard InChI is InChI=1S/C18H23ClN2O3/c1-11-8-13(19)6-7-15(11)20-16(22)10-21-9-12-4-3-5-14(12)17(21)18(23)24-2/h6-8,12,14,17H,3-5,9-10H2,1-2H3,(H,20,22). The number of halogens is 1. The number of benzene rings is 1. The monoisotopic (exact) mass is 350 g/mol. The van der Waals surface area contributed by atoms with Crippen molar-refractivity contribution in [2.24, 2.45) is 11.8 Å². The maximum Gasteiger partial charge on any atom is 0.323 e. The van der Waals surface area contributed by atoms with Crippen molar-refractivity contribution in [2.45, 2.75) is 32.2 Å². The van der Waals surface area contributed by atoms with Crippen LogP contribution in [-0.2, 0) is 14.3 Å². The van der Waals surface area contributed by atoms with Crippen LogP contribution in [0.2, 0.25) is 5.02 Å². The Balaban J connectivity index is 1.67. The molecule has 1 amide bonds. The number of hydrogen-bond donors (Lipinski definition) is 1. The van der Waals surface area contributed by atoms with E-state index < -0.39 is 0 Å². The van der Waals surface area contributed by atoms with E-state index >= 15 is 0 Å². The number of carbonyl (C=O) groups excluding carboxylic acids is 2. The van der Waals surface area contributed by atoms with Crippen molar-refractivity contribution < 1.29 is 14.3 Å². The minimum atomic E-state index is -0.292. The molecule has 1 N–H and O–H groups in total. The zero-order valence-corrected chi connectivity index (χ0v) is 14.8. The number of amides is 1. The van der Waals surface area contributed by atoms with E-state index in [2.05, 4.69) is 5.32 Å². The van der Waals surface area contributed by atoms with Gasteiger partial charge in [0.1, 0.15) is 6.04 Å². The van der Waals surface area contributed by atoms with Crippen molar-refractivity contribution in [1.29, 1.82) is 0 Å². The van der Waals surface area contributed by atoms with Crippen LogP contribution in [-0.4, -0.2) is 43.0 Å². The largest absolute Gasteiger partial charge is 0.468 e. The molecular formula is C18H23ClN2O3. The Labute approximate surface area is 147 Å². The van der Waals surface area contributed by atoms with Gasteiger partial charge in [-0.25, -0.2) is 0 Å². The smallest absolute Gasteiger partial charge is 0.323 e. The van der Waals surface area contributed by atoms with Gasteiger partial charge >= 0.3 is 5.97 Å². The highest BCUT2D eigenvalue weighted by atomic mass is 35.5. The number of carbonyl (C=O) groups is 2. The van der Waals surface area contributed by atoms with Crippen LogP contribution in [0.5, 0.6) is 0 Å². The third-order valence-electron chi connectivity index (χ3n) is 5.24. The number of methoxy groups -OCH3 is 1. The summed E-state index contributed by atoms with van der Waals surface area (Å²) in [4.78, 5) is 26.6. The summed E-state index contributed by atoms with van der Waals surface area (Å²) in [5.74, 6) is 0.482. The Morgan fingerprint density at radius 1 is 1.38 bits per heavy atom. The number of hydrogen-bond acceptors (Lipinski definition) is 4. The van der Waals surface area contributed by atoms with Crippen LogP contribution in [0.4, 0.5) is 5.69 Å². The Morgan fingerprint density at radius 3 is 2.88 bits per heavy atom. The molecule has 5 nitrogen and oxygen atoms in total. The molecule has 2 aliphatic rings. The van der Waals surface area contributed by atoms with E-state index in [9.17, 15) is 9.59 Å². The summed E-state index contributed by atoms with van der Waals surface area (Å²) in [5.41, 5.74) is 1.66. The van der Waals surface area contributed by atoms with Gasteiger partial charge < -0.3 is 10.1 Å². The van der Waals surface area contributed by atoms with Gasteiger partial charge in [0, 0.05) is 17.3 Å². The topological polar surface area (TPSA) is 58.6 Å². The molecule has 1 aromatic rings. The fraction of sp³-hybridized carbons (Fsp3) is 0.556. The van der Waals surface area contributed by atoms with E-state index in [0.717, 1.165) is 37.1 Å². The summed E-state index contributed by atoms with van der Waals surface area (Å²) in [6.45, 7) is 2.89. The van der Waals surface area contributed by atoms with Crippen LogP contribution in [0.1, 0.15) is 24.8 Å². The molecule has 0 bridgehead atoms. The number of ether oxygens (including phenoxy) is 1. The minimum absolute atomic E-state index is 0.116. The van der Waals surface area contributed by atoms with Crippen molar-refractivity contribution in [3.8, 4) is 0 Å². The molecule has 130 valence electrons. The van der Waals surface area contributed by atoms with E-state index in [0.29, 0.717) is 16.9 Å². The number of nitrogens with one attached hydrogen (secondary N) is 1. The van der Waals surface area contributed by atoms with Crippen LogP contribution < -0.4 is 5.32 Å². The lowest BCUT2D eigenvalue weighted by atomic mass is 9.94. The summed E-state index contributed by atoms with van der Waals surface area (Å²) >= 11 is 5.94.